The summed E-state index contributed by atoms with van der Waals surface area (Å²) in [5.74, 6) is 1.41. The molecule has 6 heteroatoms. The fourth-order valence-corrected chi connectivity index (χ4v) is 3.42. The van der Waals surface area contributed by atoms with Crippen LogP contribution in [0.25, 0.3) is 0 Å². The van der Waals surface area contributed by atoms with E-state index in [1.807, 2.05) is 19.1 Å². The van der Waals surface area contributed by atoms with Crippen LogP contribution < -0.4 is 15.2 Å². The first-order valence-electron chi connectivity index (χ1n) is 5.66. The van der Waals surface area contributed by atoms with E-state index in [2.05, 4.69) is 20.9 Å². The number of hydrogen-bond donors (Lipinski definition) is 1. The topological polar surface area (TPSA) is 57.4 Å². The van der Waals surface area contributed by atoms with Gasteiger partial charge in [-0.1, -0.05) is 0 Å². The van der Waals surface area contributed by atoms with Gasteiger partial charge in [0.15, 0.2) is 0 Å². The summed E-state index contributed by atoms with van der Waals surface area (Å²) >= 11 is 5.03. The van der Waals surface area contributed by atoms with Crippen molar-refractivity contribution in [3.63, 3.8) is 0 Å². The minimum atomic E-state index is -0.260. The number of halogens is 1. The number of rotatable bonds is 4. The summed E-state index contributed by atoms with van der Waals surface area (Å²) in [6.07, 6.45) is 0. The zero-order valence-electron chi connectivity index (χ0n) is 10.9. The van der Waals surface area contributed by atoms with Crippen molar-refractivity contribution in [2.24, 2.45) is 5.73 Å². The molecule has 0 amide bonds. The molecule has 1 atom stereocenters. The molecular formula is C13H15BrN2O2S. The first kappa shape index (κ1) is 14.3. The number of aromatic nitrogens is 1. The van der Waals surface area contributed by atoms with Crippen molar-refractivity contribution in [1.29, 1.82) is 0 Å². The van der Waals surface area contributed by atoms with Crippen LogP contribution >= 0.6 is 27.3 Å². The average Bonchev–Trinajstić information content (AvgIpc) is 2.83. The molecule has 102 valence electrons. The SMILES string of the molecule is COc1ccc(C(N)c2scnc2C)c(OC)c1Br. The predicted molar refractivity (Wildman–Crippen MR) is 80.1 cm³/mol. The third-order valence-corrected chi connectivity index (χ3v) is 4.68. The van der Waals surface area contributed by atoms with Crippen molar-refractivity contribution in [3.05, 3.63) is 38.3 Å². The molecule has 1 heterocycles. The standard InChI is InChI=1S/C13H15BrN2O2S/c1-7-13(19-6-16-7)11(15)8-4-5-9(17-2)10(14)12(8)18-3/h4-6,11H,15H2,1-3H3. The lowest BCUT2D eigenvalue weighted by molar-refractivity contribution is 0.385. The van der Waals surface area contributed by atoms with Gasteiger partial charge in [0.2, 0.25) is 0 Å². The monoisotopic (exact) mass is 342 g/mol. The Kier molecular flexibility index (Phi) is 4.44. The highest BCUT2D eigenvalue weighted by Gasteiger charge is 2.21. The van der Waals surface area contributed by atoms with Gasteiger partial charge >= 0.3 is 0 Å². The van der Waals surface area contributed by atoms with Crippen LogP contribution in [0.2, 0.25) is 0 Å². The van der Waals surface area contributed by atoms with E-state index in [4.69, 9.17) is 15.2 Å². The summed E-state index contributed by atoms with van der Waals surface area (Å²) in [6.45, 7) is 1.96. The van der Waals surface area contributed by atoms with Crippen LogP contribution in [0.1, 0.15) is 22.2 Å². The van der Waals surface area contributed by atoms with Gasteiger partial charge < -0.3 is 15.2 Å². The summed E-state index contributed by atoms with van der Waals surface area (Å²) in [7, 11) is 3.24. The van der Waals surface area contributed by atoms with E-state index in [0.29, 0.717) is 11.5 Å². The fraction of sp³-hybridized carbons (Fsp3) is 0.308. The van der Waals surface area contributed by atoms with Crippen molar-refractivity contribution < 1.29 is 9.47 Å². The largest absolute Gasteiger partial charge is 0.495 e. The fourth-order valence-electron chi connectivity index (χ4n) is 1.91. The second-order valence-corrected chi connectivity index (χ2v) is 5.66. The maximum Gasteiger partial charge on any atom is 0.141 e. The van der Waals surface area contributed by atoms with Crippen molar-refractivity contribution in [2.45, 2.75) is 13.0 Å². The van der Waals surface area contributed by atoms with Gasteiger partial charge in [0, 0.05) is 10.4 Å². The maximum atomic E-state index is 6.33. The van der Waals surface area contributed by atoms with E-state index in [-0.39, 0.29) is 6.04 Å². The Morgan fingerprint density at radius 1 is 1.32 bits per heavy atom. The minimum Gasteiger partial charge on any atom is -0.495 e. The first-order chi connectivity index (χ1) is 9.10. The van der Waals surface area contributed by atoms with E-state index in [9.17, 15) is 0 Å². The van der Waals surface area contributed by atoms with E-state index >= 15 is 0 Å². The Morgan fingerprint density at radius 3 is 2.58 bits per heavy atom. The van der Waals surface area contributed by atoms with Crippen molar-refractivity contribution in [1.82, 2.24) is 4.98 Å². The number of methoxy groups -OCH3 is 2. The molecule has 0 saturated heterocycles. The lowest BCUT2D eigenvalue weighted by Crippen LogP contribution is -2.13. The van der Waals surface area contributed by atoms with Gasteiger partial charge in [-0.25, -0.2) is 4.98 Å². The zero-order valence-corrected chi connectivity index (χ0v) is 13.3. The Balaban J connectivity index is 2.51. The zero-order chi connectivity index (χ0) is 14.0. The maximum absolute atomic E-state index is 6.33. The summed E-state index contributed by atoms with van der Waals surface area (Å²) < 4.78 is 11.5. The molecule has 2 rings (SSSR count). The molecule has 0 fully saturated rings. The first-order valence-corrected chi connectivity index (χ1v) is 7.33. The van der Waals surface area contributed by atoms with Crippen LogP contribution in [-0.2, 0) is 0 Å². The van der Waals surface area contributed by atoms with Gasteiger partial charge in [0.1, 0.15) is 16.0 Å². The van der Waals surface area contributed by atoms with Crippen LogP contribution in [0, 0.1) is 6.92 Å². The van der Waals surface area contributed by atoms with Gasteiger partial charge in [-0.15, -0.1) is 11.3 Å². The molecule has 2 N–H and O–H groups in total. The van der Waals surface area contributed by atoms with Gasteiger partial charge in [-0.3, -0.25) is 0 Å². The van der Waals surface area contributed by atoms with Crippen LogP contribution in [0.15, 0.2) is 22.1 Å². The third kappa shape index (κ3) is 2.61. The Labute approximate surface area is 124 Å². The molecule has 1 aromatic carbocycles. The molecule has 0 aliphatic heterocycles. The number of benzene rings is 1. The number of nitrogens with two attached hydrogens (primary N) is 1. The Hall–Kier alpha value is -1.11. The summed E-state index contributed by atoms with van der Waals surface area (Å²) in [5.41, 5.74) is 9.98. The molecule has 0 aliphatic carbocycles. The molecule has 4 nitrogen and oxygen atoms in total. The number of nitrogens with zero attached hydrogens (tertiary/aromatic N) is 1. The summed E-state index contributed by atoms with van der Waals surface area (Å²) in [5, 5.41) is 0. The lowest BCUT2D eigenvalue weighted by Gasteiger charge is -2.17. The van der Waals surface area contributed by atoms with Gasteiger partial charge in [-0.2, -0.15) is 0 Å². The number of thiazole rings is 1. The molecule has 2 aromatic rings. The quantitative estimate of drug-likeness (QED) is 0.926. The van der Waals surface area contributed by atoms with Crippen LogP contribution in [0.3, 0.4) is 0 Å². The highest BCUT2D eigenvalue weighted by atomic mass is 79.9. The average molecular weight is 343 g/mol. The smallest absolute Gasteiger partial charge is 0.141 e. The number of hydrogen-bond acceptors (Lipinski definition) is 5. The van der Waals surface area contributed by atoms with Crippen molar-refractivity contribution >= 4 is 27.3 Å². The molecular weight excluding hydrogens is 328 g/mol. The third-order valence-electron chi connectivity index (χ3n) is 2.92. The number of aryl methyl sites for hydroxylation is 1. The second kappa shape index (κ2) is 5.90. The predicted octanol–water partition coefficient (Wildman–Crippen LogP) is 3.28. The molecule has 1 unspecified atom stereocenters. The molecule has 19 heavy (non-hydrogen) atoms. The van der Waals surface area contributed by atoms with Crippen LogP contribution in [0.5, 0.6) is 11.5 Å². The molecule has 0 spiro atoms. The van der Waals surface area contributed by atoms with Gasteiger partial charge in [0.05, 0.1) is 31.5 Å². The highest BCUT2D eigenvalue weighted by Crippen LogP contribution is 2.41. The molecule has 0 bridgehead atoms. The van der Waals surface area contributed by atoms with E-state index in [0.717, 1.165) is 20.6 Å². The molecule has 0 aliphatic rings. The van der Waals surface area contributed by atoms with Crippen molar-refractivity contribution in [3.8, 4) is 11.5 Å². The highest BCUT2D eigenvalue weighted by molar-refractivity contribution is 9.10. The van der Waals surface area contributed by atoms with Crippen LogP contribution in [-0.4, -0.2) is 19.2 Å². The Morgan fingerprint density at radius 2 is 2.05 bits per heavy atom. The Bertz CT molecular complexity index is 586. The molecule has 0 radical (unpaired) electrons. The summed E-state index contributed by atoms with van der Waals surface area (Å²) in [6, 6.07) is 3.54. The van der Waals surface area contributed by atoms with E-state index < -0.39 is 0 Å². The number of ether oxygens (including phenoxy) is 2. The normalized spacial score (nSPS) is 12.3. The lowest BCUT2D eigenvalue weighted by atomic mass is 10.0. The molecule has 1 aromatic heterocycles. The van der Waals surface area contributed by atoms with Crippen LogP contribution in [0.4, 0.5) is 0 Å². The van der Waals surface area contributed by atoms with E-state index in [1.165, 1.54) is 0 Å². The van der Waals surface area contributed by atoms with Crippen molar-refractivity contribution in [2.75, 3.05) is 14.2 Å². The van der Waals surface area contributed by atoms with Gasteiger partial charge in [0.25, 0.3) is 0 Å². The molecule has 0 saturated carbocycles. The minimum absolute atomic E-state index is 0.260. The second-order valence-electron chi connectivity index (χ2n) is 3.98. The summed E-state index contributed by atoms with van der Waals surface area (Å²) in [4.78, 5) is 5.27. The van der Waals surface area contributed by atoms with E-state index in [1.54, 1.807) is 31.1 Å². The van der Waals surface area contributed by atoms with Gasteiger partial charge in [-0.05, 0) is 35.0 Å².